The highest BCUT2D eigenvalue weighted by Gasteiger charge is 2.31. The number of carbonyl (C=O) groups is 1. The Morgan fingerprint density at radius 1 is 1.50 bits per heavy atom. The second kappa shape index (κ2) is 5.41. The Hall–Kier alpha value is -1.01. The van der Waals surface area contributed by atoms with Gasteiger partial charge in [0, 0.05) is 36.5 Å². The number of halogens is 1. The number of nitrogens with zero attached hydrogens (tertiary/aromatic N) is 2. The summed E-state index contributed by atoms with van der Waals surface area (Å²) in [6.07, 6.45) is 3.39. The van der Waals surface area contributed by atoms with Crippen LogP contribution in [0, 0.1) is 5.92 Å². The molecule has 1 saturated carbocycles. The molecule has 1 aromatic rings. The third-order valence-electron chi connectivity index (χ3n) is 3.25. The van der Waals surface area contributed by atoms with Gasteiger partial charge in [-0.3, -0.25) is 4.79 Å². The molecule has 5 nitrogen and oxygen atoms in total. The first kappa shape index (κ1) is 15.4. The Balaban J connectivity index is 2.35. The molecule has 2 rings (SSSR count). The summed E-state index contributed by atoms with van der Waals surface area (Å²) in [4.78, 5) is 14.0. The second-order valence-corrected chi connectivity index (χ2v) is 8.28. The van der Waals surface area contributed by atoms with Crippen molar-refractivity contribution in [3.63, 3.8) is 0 Å². The van der Waals surface area contributed by atoms with Crippen LogP contribution in [0.15, 0.2) is 17.2 Å². The molecule has 0 aromatic carbocycles. The van der Waals surface area contributed by atoms with Crippen LogP contribution in [-0.4, -0.2) is 37.4 Å². The summed E-state index contributed by atoms with van der Waals surface area (Å²) in [6.45, 7) is 4.67. The van der Waals surface area contributed by atoms with Crippen molar-refractivity contribution in [2.45, 2.75) is 37.6 Å². The van der Waals surface area contributed by atoms with E-state index in [1.165, 1.54) is 12.3 Å². The quantitative estimate of drug-likeness (QED) is 0.784. The van der Waals surface area contributed by atoms with Gasteiger partial charge in [0.25, 0.3) is 15.0 Å². The van der Waals surface area contributed by atoms with E-state index in [9.17, 15) is 13.2 Å². The normalized spacial score (nSPS) is 15.7. The molecular formula is C13H19ClN2O3S. The minimum absolute atomic E-state index is 0.00707. The van der Waals surface area contributed by atoms with Gasteiger partial charge < -0.3 is 9.47 Å². The lowest BCUT2D eigenvalue weighted by molar-refractivity contribution is 0.0768. The summed E-state index contributed by atoms with van der Waals surface area (Å²) in [7, 11) is 3.28. The molecule has 0 N–H and O–H groups in total. The zero-order chi connectivity index (χ0) is 15.1. The molecule has 0 atom stereocenters. The Labute approximate surface area is 123 Å². The van der Waals surface area contributed by atoms with Gasteiger partial charge in [0.05, 0.1) is 0 Å². The van der Waals surface area contributed by atoms with Gasteiger partial charge in [0.15, 0.2) is 0 Å². The Bertz CT molecular complexity index is 618. The highest BCUT2D eigenvalue weighted by Crippen LogP contribution is 2.38. The number of carbonyl (C=O) groups excluding carboxylic acids is 1. The van der Waals surface area contributed by atoms with Crippen molar-refractivity contribution in [2.75, 3.05) is 13.6 Å². The monoisotopic (exact) mass is 318 g/mol. The predicted octanol–water partition coefficient (Wildman–Crippen LogP) is 2.48. The Kier molecular flexibility index (Phi) is 4.16. The maximum absolute atomic E-state index is 12.4. The minimum atomic E-state index is -3.81. The van der Waals surface area contributed by atoms with E-state index in [4.69, 9.17) is 10.7 Å². The lowest BCUT2D eigenvalue weighted by atomic mass is 10.2. The number of aromatic nitrogens is 1. The molecule has 0 bridgehead atoms. The summed E-state index contributed by atoms with van der Waals surface area (Å²) in [5, 5.41) is 0. The van der Waals surface area contributed by atoms with Crippen LogP contribution in [0.3, 0.4) is 0 Å². The number of hydrogen-bond acceptors (Lipinski definition) is 3. The summed E-state index contributed by atoms with van der Waals surface area (Å²) in [6, 6.07) is 1.59. The van der Waals surface area contributed by atoms with Crippen LogP contribution < -0.4 is 0 Å². The molecule has 1 aliphatic rings. The van der Waals surface area contributed by atoms with E-state index in [0.29, 0.717) is 18.2 Å². The zero-order valence-corrected chi connectivity index (χ0v) is 13.4. The fraction of sp³-hybridized carbons (Fsp3) is 0.615. The molecular weight excluding hydrogens is 300 g/mol. The first-order valence-electron chi connectivity index (χ1n) is 6.62. The summed E-state index contributed by atoms with van der Waals surface area (Å²) >= 11 is 0. The van der Waals surface area contributed by atoms with Crippen molar-refractivity contribution in [3.05, 3.63) is 18.0 Å². The fourth-order valence-electron chi connectivity index (χ4n) is 2.24. The predicted molar refractivity (Wildman–Crippen MR) is 77.5 cm³/mol. The minimum Gasteiger partial charge on any atom is -0.340 e. The molecule has 0 spiro atoms. The van der Waals surface area contributed by atoms with Gasteiger partial charge in [0.1, 0.15) is 10.6 Å². The van der Waals surface area contributed by atoms with Gasteiger partial charge in [0.2, 0.25) is 0 Å². The molecule has 0 radical (unpaired) electrons. The van der Waals surface area contributed by atoms with Crippen LogP contribution in [0.2, 0.25) is 0 Å². The fourth-order valence-corrected chi connectivity index (χ4v) is 2.98. The third-order valence-corrected chi connectivity index (χ3v) is 4.57. The van der Waals surface area contributed by atoms with E-state index in [2.05, 4.69) is 0 Å². The van der Waals surface area contributed by atoms with Crippen LogP contribution in [0.1, 0.15) is 43.2 Å². The maximum atomic E-state index is 12.4. The van der Waals surface area contributed by atoms with Gasteiger partial charge in [-0.05, 0) is 24.8 Å². The topological polar surface area (TPSA) is 59.4 Å². The molecule has 112 valence electrons. The molecule has 1 fully saturated rings. The summed E-state index contributed by atoms with van der Waals surface area (Å²) in [5.41, 5.74) is 0.398. The van der Waals surface area contributed by atoms with Crippen molar-refractivity contribution in [1.82, 2.24) is 9.47 Å². The molecule has 0 aliphatic heterocycles. The van der Waals surface area contributed by atoms with Crippen LogP contribution in [0.5, 0.6) is 0 Å². The van der Waals surface area contributed by atoms with E-state index >= 15 is 0 Å². The smallest absolute Gasteiger partial charge is 0.270 e. The van der Waals surface area contributed by atoms with E-state index < -0.39 is 9.05 Å². The first-order chi connectivity index (χ1) is 9.20. The lowest BCUT2D eigenvalue weighted by Gasteiger charge is -2.20. The average molecular weight is 319 g/mol. The summed E-state index contributed by atoms with van der Waals surface area (Å²) < 4.78 is 24.6. The molecule has 0 unspecified atom stereocenters. The van der Waals surface area contributed by atoms with Crippen molar-refractivity contribution in [3.8, 4) is 0 Å². The Morgan fingerprint density at radius 2 is 2.10 bits per heavy atom. The second-order valence-electron chi connectivity index (χ2n) is 5.72. The molecule has 1 amide bonds. The number of hydrogen-bond donors (Lipinski definition) is 0. The van der Waals surface area contributed by atoms with Gasteiger partial charge in [-0.15, -0.1) is 0 Å². The molecule has 1 aliphatic carbocycles. The van der Waals surface area contributed by atoms with Crippen LogP contribution in [0.4, 0.5) is 0 Å². The van der Waals surface area contributed by atoms with Crippen molar-refractivity contribution in [1.29, 1.82) is 0 Å². The van der Waals surface area contributed by atoms with Crippen LogP contribution in [0.25, 0.3) is 0 Å². The molecule has 1 heterocycles. The van der Waals surface area contributed by atoms with E-state index in [1.54, 1.807) is 16.5 Å². The summed E-state index contributed by atoms with van der Waals surface area (Å²) in [5.74, 6) is 0.182. The third kappa shape index (κ3) is 3.35. The molecule has 1 aromatic heterocycles. The van der Waals surface area contributed by atoms with Crippen LogP contribution in [-0.2, 0) is 9.05 Å². The molecule has 20 heavy (non-hydrogen) atoms. The van der Waals surface area contributed by atoms with Gasteiger partial charge in [-0.25, -0.2) is 8.42 Å². The molecule has 0 saturated heterocycles. The average Bonchev–Trinajstić information content (AvgIpc) is 3.04. The standard InChI is InChI=1S/C13H19ClN2O3S/c1-9(2)7-15(3)13(17)12-6-11(20(14,18)19)8-16(12)10-4-5-10/h6,8-10H,4-5,7H2,1-3H3. The van der Waals surface area contributed by atoms with Crippen LogP contribution >= 0.6 is 10.7 Å². The van der Waals surface area contributed by atoms with E-state index in [-0.39, 0.29) is 16.8 Å². The highest BCUT2D eigenvalue weighted by molar-refractivity contribution is 8.13. The van der Waals surface area contributed by atoms with E-state index in [1.807, 2.05) is 13.8 Å². The Morgan fingerprint density at radius 3 is 2.55 bits per heavy atom. The van der Waals surface area contributed by atoms with E-state index in [0.717, 1.165) is 12.8 Å². The highest BCUT2D eigenvalue weighted by atomic mass is 35.7. The first-order valence-corrected chi connectivity index (χ1v) is 8.93. The van der Waals surface area contributed by atoms with Crippen molar-refractivity contribution >= 4 is 25.6 Å². The lowest BCUT2D eigenvalue weighted by Crippen LogP contribution is -2.31. The maximum Gasteiger partial charge on any atom is 0.270 e. The van der Waals surface area contributed by atoms with Gasteiger partial charge >= 0.3 is 0 Å². The SMILES string of the molecule is CC(C)CN(C)C(=O)c1cc(S(=O)(=O)Cl)cn1C1CC1. The van der Waals surface area contributed by atoms with Crippen molar-refractivity contribution < 1.29 is 13.2 Å². The molecule has 7 heteroatoms. The zero-order valence-electron chi connectivity index (χ0n) is 11.8. The largest absolute Gasteiger partial charge is 0.340 e. The van der Waals surface area contributed by atoms with Gasteiger partial charge in [-0.2, -0.15) is 0 Å². The number of rotatable bonds is 5. The van der Waals surface area contributed by atoms with Crippen molar-refractivity contribution in [2.24, 2.45) is 5.92 Å². The number of amides is 1. The van der Waals surface area contributed by atoms with Gasteiger partial charge in [-0.1, -0.05) is 13.8 Å².